The first-order valence-electron chi connectivity index (χ1n) is 5.64. The number of halogens is 1. The van der Waals surface area contributed by atoms with Crippen LogP contribution in [0.15, 0.2) is 24.3 Å². The summed E-state index contributed by atoms with van der Waals surface area (Å²) < 4.78 is 0. The third kappa shape index (κ3) is 2.73. The molecule has 2 rings (SSSR count). The molecule has 1 aromatic rings. The molecule has 15 heavy (non-hydrogen) atoms. The van der Waals surface area contributed by atoms with Crippen LogP contribution >= 0.6 is 11.6 Å². The molecule has 82 valence electrons. The molecule has 1 aliphatic carbocycles. The van der Waals surface area contributed by atoms with E-state index in [1.807, 2.05) is 18.2 Å². The Balaban J connectivity index is 1.81. The second-order valence-corrected chi connectivity index (χ2v) is 5.27. The van der Waals surface area contributed by atoms with Crippen molar-refractivity contribution in [3.05, 3.63) is 34.9 Å². The highest BCUT2D eigenvalue weighted by atomic mass is 35.5. The van der Waals surface area contributed by atoms with Crippen molar-refractivity contribution in [3.8, 4) is 0 Å². The Kier molecular flexibility index (Phi) is 3.32. The van der Waals surface area contributed by atoms with Crippen molar-refractivity contribution < 1.29 is 0 Å². The van der Waals surface area contributed by atoms with Crippen molar-refractivity contribution in [3.63, 3.8) is 0 Å². The lowest BCUT2D eigenvalue weighted by Gasteiger charge is -2.38. The molecule has 0 aliphatic heterocycles. The average Bonchev–Trinajstić information content (AvgIpc) is 2.18. The molecule has 1 aliphatic rings. The van der Waals surface area contributed by atoms with E-state index in [-0.39, 0.29) is 0 Å². The van der Waals surface area contributed by atoms with Crippen LogP contribution in [0.3, 0.4) is 0 Å². The van der Waals surface area contributed by atoms with Crippen molar-refractivity contribution >= 4 is 11.6 Å². The van der Waals surface area contributed by atoms with E-state index in [2.05, 4.69) is 18.3 Å². The molecule has 0 unspecified atom stereocenters. The van der Waals surface area contributed by atoms with Gasteiger partial charge in [-0.3, -0.25) is 0 Å². The topological polar surface area (TPSA) is 12.0 Å². The fourth-order valence-electron chi connectivity index (χ4n) is 2.10. The minimum absolute atomic E-state index is 0.543. The number of benzene rings is 1. The van der Waals surface area contributed by atoms with Crippen molar-refractivity contribution in [2.45, 2.75) is 32.7 Å². The molecule has 1 saturated carbocycles. The van der Waals surface area contributed by atoms with Gasteiger partial charge < -0.3 is 5.32 Å². The van der Waals surface area contributed by atoms with Crippen LogP contribution < -0.4 is 5.32 Å². The van der Waals surface area contributed by atoms with Crippen LogP contribution in [-0.4, -0.2) is 6.54 Å². The summed E-state index contributed by atoms with van der Waals surface area (Å²) in [5, 5.41) is 4.37. The molecule has 0 bridgehead atoms. The monoisotopic (exact) mass is 223 g/mol. The Morgan fingerprint density at radius 3 is 2.67 bits per heavy atom. The van der Waals surface area contributed by atoms with Crippen LogP contribution in [-0.2, 0) is 6.54 Å². The molecule has 0 amide bonds. The average molecular weight is 224 g/mol. The first-order valence-corrected chi connectivity index (χ1v) is 6.02. The van der Waals surface area contributed by atoms with Gasteiger partial charge in [0.2, 0.25) is 0 Å². The summed E-state index contributed by atoms with van der Waals surface area (Å²) in [7, 11) is 0. The first-order chi connectivity index (χ1) is 7.20. The lowest BCUT2D eigenvalue weighted by atomic mass is 9.70. The highest BCUT2D eigenvalue weighted by molar-refractivity contribution is 6.31. The molecule has 0 spiro atoms. The molecule has 1 nitrogen and oxygen atoms in total. The molecular formula is C13H18ClN. The van der Waals surface area contributed by atoms with Gasteiger partial charge in [0.1, 0.15) is 0 Å². The van der Waals surface area contributed by atoms with E-state index in [9.17, 15) is 0 Å². The SMILES string of the molecule is CC1(CNCc2ccccc2Cl)CCC1. The van der Waals surface area contributed by atoms with Gasteiger partial charge in [0, 0.05) is 18.1 Å². The van der Waals surface area contributed by atoms with Crippen LogP contribution in [0, 0.1) is 5.41 Å². The van der Waals surface area contributed by atoms with E-state index >= 15 is 0 Å². The van der Waals surface area contributed by atoms with E-state index in [4.69, 9.17) is 11.6 Å². The number of hydrogen-bond acceptors (Lipinski definition) is 1. The summed E-state index contributed by atoms with van der Waals surface area (Å²) in [4.78, 5) is 0. The molecule has 0 heterocycles. The zero-order chi connectivity index (χ0) is 10.7. The predicted octanol–water partition coefficient (Wildman–Crippen LogP) is 3.62. The van der Waals surface area contributed by atoms with E-state index in [1.54, 1.807) is 0 Å². The van der Waals surface area contributed by atoms with E-state index in [0.29, 0.717) is 5.41 Å². The molecule has 2 heteroatoms. The molecular weight excluding hydrogens is 206 g/mol. The molecule has 1 fully saturated rings. The molecule has 1 N–H and O–H groups in total. The Labute approximate surface area is 96.8 Å². The zero-order valence-corrected chi connectivity index (χ0v) is 9.98. The lowest BCUT2D eigenvalue weighted by Crippen LogP contribution is -2.37. The van der Waals surface area contributed by atoms with Gasteiger partial charge in [0.05, 0.1) is 0 Å². The minimum Gasteiger partial charge on any atom is -0.312 e. The first kappa shape index (κ1) is 11.0. The minimum atomic E-state index is 0.543. The lowest BCUT2D eigenvalue weighted by molar-refractivity contribution is 0.156. The van der Waals surface area contributed by atoms with E-state index in [0.717, 1.165) is 18.1 Å². The van der Waals surface area contributed by atoms with E-state index in [1.165, 1.54) is 24.8 Å². The summed E-state index contributed by atoms with van der Waals surface area (Å²) >= 11 is 6.08. The van der Waals surface area contributed by atoms with Crippen molar-refractivity contribution in [2.24, 2.45) is 5.41 Å². The van der Waals surface area contributed by atoms with Gasteiger partial charge in [-0.05, 0) is 29.9 Å². The van der Waals surface area contributed by atoms with Gasteiger partial charge in [0.25, 0.3) is 0 Å². The summed E-state index contributed by atoms with van der Waals surface area (Å²) in [6.07, 6.45) is 4.12. The highest BCUT2D eigenvalue weighted by Gasteiger charge is 2.30. The molecule has 0 saturated heterocycles. The van der Waals surface area contributed by atoms with Gasteiger partial charge >= 0.3 is 0 Å². The number of hydrogen-bond donors (Lipinski definition) is 1. The second-order valence-electron chi connectivity index (χ2n) is 4.86. The van der Waals surface area contributed by atoms with Crippen LogP contribution in [0.25, 0.3) is 0 Å². The normalized spacial score (nSPS) is 18.5. The Hall–Kier alpha value is -0.530. The smallest absolute Gasteiger partial charge is 0.0450 e. The predicted molar refractivity (Wildman–Crippen MR) is 65.1 cm³/mol. The van der Waals surface area contributed by atoms with Crippen molar-refractivity contribution in [2.75, 3.05) is 6.54 Å². The molecule has 0 radical (unpaired) electrons. The largest absolute Gasteiger partial charge is 0.312 e. The standard InChI is InChI=1S/C13H18ClN/c1-13(7-4-8-13)10-15-9-11-5-2-3-6-12(11)14/h2-3,5-6,15H,4,7-10H2,1H3. The highest BCUT2D eigenvalue weighted by Crippen LogP contribution is 2.39. The van der Waals surface area contributed by atoms with Crippen LogP contribution in [0.2, 0.25) is 5.02 Å². The maximum absolute atomic E-state index is 6.08. The molecule has 0 atom stereocenters. The fraction of sp³-hybridized carbons (Fsp3) is 0.538. The van der Waals surface area contributed by atoms with Gasteiger partial charge in [-0.15, -0.1) is 0 Å². The number of nitrogens with one attached hydrogen (secondary N) is 1. The summed E-state index contributed by atoms with van der Waals surface area (Å²) in [6, 6.07) is 8.04. The van der Waals surface area contributed by atoms with Crippen LogP contribution in [0.1, 0.15) is 31.7 Å². The van der Waals surface area contributed by atoms with Gasteiger partial charge in [-0.25, -0.2) is 0 Å². The quantitative estimate of drug-likeness (QED) is 0.822. The summed E-state index contributed by atoms with van der Waals surface area (Å²) in [5.41, 5.74) is 1.74. The van der Waals surface area contributed by atoms with Crippen molar-refractivity contribution in [1.82, 2.24) is 5.32 Å². The third-order valence-corrected chi connectivity index (χ3v) is 3.75. The van der Waals surface area contributed by atoms with Gasteiger partial charge in [-0.1, -0.05) is 43.1 Å². The molecule has 1 aromatic carbocycles. The Morgan fingerprint density at radius 2 is 2.07 bits per heavy atom. The zero-order valence-electron chi connectivity index (χ0n) is 9.22. The van der Waals surface area contributed by atoms with Gasteiger partial charge in [-0.2, -0.15) is 0 Å². The Morgan fingerprint density at radius 1 is 1.33 bits per heavy atom. The fourth-order valence-corrected chi connectivity index (χ4v) is 2.30. The van der Waals surface area contributed by atoms with Crippen molar-refractivity contribution in [1.29, 1.82) is 0 Å². The molecule has 0 aromatic heterocycles. The van der Waals surface area contributed by atoms with Crippen LogP contribution in [0.5, 0.6) is 0 Å². The van der Waals surface area contributed by atoms with E-state index < -0.39 is 0 Å². The third-order valence-electron chi connectivity index (χ3n) is 3.39. The van der Waals surface area contributed by atoms with Gasteiger partial charge in [0.15, 0.2) is 0 Å². The number of rotatable bonds is 4. The summed E-state index contributed by atoms with van der Waals surface area (Å²) in [5.74, 6) is 0. The maximum Gasteiger partial charge on any atom is 0.0450 e. The summed E-state index contributed by atoms with van der Waals surface area (Å²) in [6.45, 7) is 4.35. The maximum atomic E-state index is 6.08. The second kappa shape index (κ2) is 4.54. The van der Waals surface area contributed by atoms with Crippen LogP contribution in [0.4, 0.5) is 0 Å². The Bertz CT molecular complexity index is 331.